The summed E-state index contributed by atoms with van der Waals surface area (Å²) < 4.78 is 0. The van der Waals surface area contributed by atoms with Crippen LogP contribution in [0.15, 0.2) is 48.5 Å². The molecule has 0 unspecified atom stereocenters. The Morgan fingerprint density at radius 3 is 2.33 bits per heavy atom. The molecular weight excluding hydrogens is 284 g/mol. The number of amides is 1. The Kier molecular flexibility index (Phi) is 5.37. The number of halogens is 1. The second-order valence-corrected chi connectivity index (χ2v) is 5.42. The van der Waals surface area contributed by atoms with Crippen molar-refractivity contribution in [3.8, 4) is 0 Å². The van der Waals surface area contributed by atoms with Gasteiger partial charge in [-0.05, 0) is 55.3 Å². The zero-order valence-corrected chi connectivity index (χ0v) is 12.7. The van der Waals surface area contributed by atoms with Crippen LogP contribution in [0.2, 0.25) is 5.02 Å². The summed E-state index contributed by atoms with van der Waals surface area (Å²) in [6.07, 6.45) is 0.822. The average molecular weight is 303 g/mol. The van der Waals surface area contributed by atoms with Crippen LogP contribution >= 0.6 is 11.6 Å². The number of hydrogen-bond acceptors (Lipinski definition) is 2. The highest BCUT2D eigenvalue weighted by molar-refractivity contribution is 6.30. The van der Waals surface area contributed by atoms with Crippen LogP contribution in [0, 0.1) is 0 Å². The molecule has 0 spiro atoms. The van der Waals surface area contributed by atoms with Crippen molar-refractivity contribution in [1.29, 1.82) is 0 Å². The Morgan fingerprint density at radius 1 is 1.14 bits per heavy atom. The van der Waals surface area contributed by atoms with Crippen molar-refractivity contribution in [2.24, 2.45) is 5.73 Å². The van der Waals surface area contributed by atoms with Crippen LogP contribution < -0.4 is 11.1 Å². The summed E-state index contributed by atoms with van der Waals surface area (Å²) in [7, 11) is 0. The molecule has 0 aliphatic rings. The molecule has 110 valence electrons. The molecule has 0 aromatic heterocycles. The fourth-order valence-corrected chi connectivity index (χ4v) is 2.23. The Morgan fingerprint density at radius 2 is 1.76 bits per heavy atom. The minimum atomic E-state index is -0.0863. The molecule has 1 amide bonds. The highest BCUT2D eigenvalue weighted by Gasteiger charge is 2.11. The van der Waals surface area contributed by atoms with E-state index in [1.165, 1.54) is 0 Å². The van der Waals surface area contributed by atoms with Gasteiger partial charge in [0.1, 0.15) is 0 Å². The van der Waals surface area contributed by atoms with Crippen molar-refractivity contribution >= 4 is 17.5 Å². The van der Waals surface area contributed by atoms with E-state index in [1.54, 1.807) is 0 Å². The maximum atomic E-state index is 12.2. The molecule has 0 aliphatic heterocycles. The number of carbonyl (C=O) groups excluding carboxylic acids is 1. The molecule has 4 heteroatoms. The topological polar surface area (TPSA) is 55.1 Å². The SMILES string of the molecule is C[C@H](NC(=O)c1ccc(CCN)cc1)c1ccc(Cl)cc1. The predicted octanol–water partition coefficient (Wildman–Crippen LogP) is 3.33. The molecule has 0 saturated heterocycles. The first kappa shape index (κ1) is 15.5. The first-order valence-electron chi connectivity index (χ1n) is 6.95. The first-order valence-corrected chi connectivity index (χ1v) is 7.33. The molecule has 2 aromatic carbocycles. The number of rotatable bonds is 5. The van der Waals surface area contributed by atoms with E-state index in [9.17, 15) is 4.79 Å². The fraction of sp³-hybridized carbons (Fsp3) is 0.235. The maximum absolute atomic E-state index is 12.2. The second kappa shape index (κ2) is 7.25. The second-order valence-electron chi connectivity index (χ2n) is 4.98. The highest BCUT2D eigenvalue weighted by atomic mass is 35.5. The summed E-state index contributed by atoms with van der Waals surface area (Å²) in [5.74, 6) is -0.0863. The standard InChI is InChI=1S/C17H19ClN2O/c1-12(14-6-8-16(18)9-7-14)20-17(21)15-4-2-13(3-5-15)10-11-19/h2-9,12H,10-11,19H2,1H3,(H,20,21)/t12-/m0/s1. The van der Waals surface area contributed by atoms with Crippen LogP contribution in [0.5, 0.6) is 0 Å². The number of carbonyl (C=O) groups is 1. The smallest absolute Gasteiger partial charge is 0.251 e. The lowest BCUT2D eigenvalue weighted by Gasteiger charge is -2.14. The lowest BCUT2D eigenvalue weighted by molar-refractivity contribution is 0.0940. The molecular formula is C17H19ClN2O. The Labute approximate surface area is 130 Å². The van der Waals surface area contributed by atoms with Gasteiger partial charge in [0.2, 0.25) is 0 Å². The third-order valence-corrected chi connectivity index (χ3v) is 3.62. The predicted molar refractivity (Wildman–Crippen MR) is 86.5 cm³/mol. The number of hydrogen-bond donors (Lipinski definition) is 2. The third kappa shape index (κ3) is 4.31. The summed E-state index contributed by atoms with van der Waals surface area (Å²) in [5.41, 5.74) is 8.32. The Hall–Kier alpha value is -1.84. The molecule has 0 heterocycles. The van der Waals surface area contributed by atoms with E-state index >= 15 is 0 Å². The van der Waals surface area contributed by atoms with E-state index in [2.05, 4.69) is 5.32 Å². The van der Waals surface area contributed by atoms with E-state index in [-0.39, 0.29) is 11.9 Å². The molecule has 3 nitrogen and oxygen atoms in total. The molecule has 2 aromatic rings. The van der Waals surface area contributed by atoms with Crippen molar-refractivity contribution in [2.45, 2.75) is 19.4 Å². The quantitative estimate of drug-likeness (QED) is 0.890. The van der Waals surface area contributed by atoms with Crippen LogP contribution in [0.4, 0.5) is 0 Å². The number of benzene rings is 2. The van der Waals surface area contributed by atoms with E-state index in [0.29, 0.717) is 17.1 Å². The van der Waals surface area contributed by atoms with Gasteiger partial charge in [0.25, 0.3) is 5.91 Å². The summed E-state index contributed by atoms with van der Waals surface area (Å²) in [4.78, 5) is 12.2. The zero-order chi connectivity index (χ0) is 15.2. The lowest BCUT2D eigenvalue weighted by Crippen LogP contribution is -2.26. The molecule has 0 saturated carbocycles. The van der Waals surface area contributed by atoms with Crippen molar-refractivity contribution in [2.75, 3.05) is 6.54 Å². The molecule has 0 radical (unpaired) electrons. The van der Waals surface area contributed by atoms with Gasteiger partial charge in [0.15, 0.2) is 0 Å². The lowest BCUT2D eigenvalue weighted by atomic mass is 10.1. The molecule has 0 bridgehead atoms. The van der Waals surface area contributed by atoms with E-state index in [0.717, 1.165) is 17.5 Å². The summed E-state index contributed by atoms with van der Waals surface area (Å²) >= 11 is 5.86. The third-order valence-electron chi connectivity index (χ3n) is 3.37. The maximum Gasteiger partial charge on any atom is 0.251 e. The average Bonchev–Trinajstić information content (AvgIpc) is 2.49. The Balaban J connectivity index is 2.01. The summed E-state index contributed by atoms with van der Waals surface area (Å²) in [6.45, 7) is 2.56. The van der Waals surface area contributed by atoms with Crippen LogP contribution in [-0.4, -0.2) is 12.5 Å². The molecule has 21 heavy (non-hydrogen) atoms. The van der Waals surface area contributed by atoms with E-state index < -0.39 is 0 Å². The summed E-state index contributed by atoms with van der Waals surface area (Å²) in [5, 5.41) is 3.66. The van der Waals surface area contributed by atoms with Gasteiger partial charge in [-0.25, -0.2) is 0 Å². The normalized spacial score (nSPS) is 12.0. The van der Waals surface area contributed by atoms with Crippen LogP contribution in [0.25, 0.3) is 0 Å². The van der Waals surface area contributed by atoms with E-state index in [1.807, 2.05) is 55.5 Å². The van der Waals surface area contributed by atoms with Crippen LogP contribution in [-0.2, 0) is 6.42 Å². The van der Waals surface area contributed by atoms with Gasteiger partial charge in [0.05, 0.1) is 6.04 Å². The van der Waals surface area contributed by atoms with Crippen molar-refractivity contribution in [3.05, 3.63) is 70.2 Å². The van der Waals surface area contributed by atoms with Crippen molar-refractivity contribution in [1.82, 2.24) is 5.32 Å². The van der Waals surface area contributed by atoms with Gasteiger partial charge in [-0.15, -0.1) is 0 Å². The highest BCUT2D eigenvalue weighted by Crippen LogP contribution is 2.16. The number of nitrogens with one attached hydrogen (secondary N) is 1. The fourth-order valence-electron chi connectivity index (χ4n) is 2.10. The minimum Gasteiger partial charge on any atom is -0.346 e. The van der Waals surface area contributed by atoms with Gasteiger partial charge >= 0.3 is 0 Å². The minimum absolute atomic E-state index is 0.0708. The van der Waals surface area contributed by atoms with Gasteiger partial charge in [0, 0.05) is 10.6 Å². The molecule has 2 rings (SSSR count). The first-order chi connectivity index (χ1) is 10.1. The molecule has 3 N–H and O–H groups in total. The largest absolute Gasteiger partial charge is 0.346 e. The summed E-state index contributed by atoms with van der Waals surface area (Å²) in [6, 6.07) is 14.9. The van der Waals surface area contributed by atoms with Crippen molar-refractivity contribution < 1.29 is 4.79 Å². The van der Waals surface area contributed by atoms with Crippen molar-refractivity contribution in [3.63, 3.8) is 0 Å². The van der Waals surface area contributed by atoms with Gasteiger partial charge < -0.3 is 11.1 Å². The van der Waals surface area contributed by atoms with Crippen LogP contribution in [0.1, 0.15) is 34.5 Å². The number of nitrogens with two attached hydrogens (primary N) is 1. The van der Waals surface area contributed by atoms with Crippen LogP contribution in [0.3, 0.4) is 0 Å². The molecule has 1 atom stereocenters. The van der Waals surface area contributed by atoms with E-state index in [4.69, 9.17) is 17.3 Å². The molecule has 0 fully saturated rings. The van der Waals surface area contributed by atoms with Gasteiger partial charge in [-0.1, -0.05) is 35.9 Å². The Bertz CT molecular complexity index is 593. The van der Waals surface area contributed by atoms with Gasteiger partial charge in [-0.2, -0.15) is 0 Å². The zero-order valence-electron chi connectivity index (χ0n) is 12.0. The monoisotopic (exact) mass is 302 g/mol. The van der Waals surface area contributed by atoms with Gasteiger partial charge in [-0.3, -0.25) is 4.79 Å². The molecule has 0 aliphatic carbocycles.